The minimum Gasteiger partial charge on any atom is -0.343 e. The topological polar surface area (TPSA) is 68.4 Å². The molecule has 2 aromatic heterocycles. The molecule has 1 aliphatic rings. The molecule has 0 bridgehead atoms. The number of hydrogen-bond donors (Lipinski definition) is 0. The number of rotatable bonds is 6. The van der Waals surface area contributed by atoms with E-state index in [9.17, 15) is 5.26 Å². The SMILES string of the molecule is CCN(CC)C1=Nc2c(sc3nnc(-c4ccccc4)c(-c4ccccc4)c23)C(CC#N)N1c1ccccc1. The van der Waals surface area contributed by atoms with Crippen LogP contribution in [0, 0.1) is 11.3 Å². The van der Waals surface area contributed by atoms with Gasteiger partial charge in [-0.15, -0.1) is 21.5 Å². The number of hydrogen-bond acceptors (Lipinski definition) is 7. The molecule has 1 atom stereocenters. The number of para-hydroxylation sites is 1. The van der Waals surface area contributed by atoms with Crippen molar-refractivity contribution in [2.45, 2.75) is 26.3 Å². The van der Waals surface area contributed by atoms with Crippen LogP contribution in [0.5, 0.6) is 0 Å². The number of anilines is 1. The third-order valence-electron chi connectivity index (χ3n) is 7.13. The van der Waals surface area contributed by atoms with E-state index in [1.807, 2.05) is 42.5 Å². The summed E-state index contributed by atoms with van der Waals surface area (Å²) in [6, 6.07) is 33.1. The van der Waals surface area contributed by atoms with Crippen LogP contribution in [0.4, 0.5) is 11.4 Å². The Morgan fingerprint density at radius 2 is 1.46 bits per heavy atom. The molecule has 0 N–H and O–H groups in total. The monoisotopic (exact) mass is 528 g/mol. The van der Waals surface area contributed by atoms with Crippen LogP contribution in [-0.4, -0.2) is 34.1 Å². The standard InChI is InChI=1S/C32H28N6S/c1-3-37(4-2)32-34-29-27-26(22-14-8-5-9-15-22)28(23-16-10-6-11-17-23)35-36-31(27)39-30(29)25(20-21-33)38(32)24-18-12-7-13-19-24/h5-19,25H,3-4,20H2,1-2H3. The van der Waals surface area contributed by atoms with Gasteiger partial charge in [0.2, 0.25) is 5.96 Å². The van der Waals surface area contributed by atoms with Crippen LogP contribution in [0.25, 0.3) is 32.6 Å². The first-order chi connectivity index (χ1) is 19.2. The zero-order valence-corrected chi connectivity index (χ0v) is 22.8. The molecule has 7 heteroatoms. The second-order valence-corrected chi connectivity index (χ2v) is 10.3. The summed E-state index contributed by atoms with van der Waals surface area (Å²) in [5.74, 6) is 0.857. The largest absolute Gasteiger partial charge is 0.343 e. The Kier molecular flexibility index (Phi) is 6.78. The van der Waals surface area contributed by atoms with Gasteiger partial charge in [0, 0.05) is 35.3 Å². The van der Waals surface area contributed by atoms with Gasteiger partial charge in [-0.05, 0) is 31.5 Å². The molecular weight excluding hydrogens is 500 g/mol. The molecule has 0 spiro atoms. The van der Waals surface area contributed by atoms with E-state index in [1.54, 1.807) is 11.3 Å². The molecule has 3 heterocycles. The Morgan fingerprint density at radius 3 is 2.08 bits per heavy atom. The molecule has 192 valence electrons. The lowest BCUT2D eigenvalue weighted by Gasteiger charge is -2.40. The molecule has 0 saturated carbocycles. The van der Waals surface area contributed by atoms with Crippen molar-refractivity contribution in [3.63, 3.8) is 0 Å². The smallest absolute Gasteiger partial charge is 0.207 e. The fourth-order valence-corrected chi connectivity index (χ4v) is 6.46. The highest BCUT2D eigenvalue weighted by Crippen LogP contribution is 2.52. The van der Waals surface area contributed by atoms with Crippen LogP contribution in [0.3, 0.4) is 0 Å². The lowest BCUT2D eigenvalue weighted by atomic mass is 9.95. The zero-order chi connectivity index (χ0) is 26.8. The lowest BCUT2D eigenvalue weighted by molar-refractivity contribution is 0.447. The normalized spacial score (nSPS) is 14.5. The Labute approximate surface area is 232 Å². The summed E-state index contributed by atoms with van der Waals surface area (Å²) in [7, 11) is 0. The third-order valence-corrected chi connectivity index (χ3v) is 8.30. The Hall–Kier alpha value is -4.54. The third kappa shape index (κ3) is 4.33. The number of aromatic nitrogens is 2. The molecule has 0 fully saturated rings. The van der Waals surface area contributed by atoms with Crippen molar-refractivity contribution >= 4 is 38.9 Å². The molecule has 0 saturated heterocycles. The van der Waals surface area contributed by atoms with E-state index in [1.165, 1.54) is 0 Å². The second-order valence-electron chi connectivity index (χ2n) is 9.32. The Bertz CT molecular complexity index is 1670. The van der Waals surface area contributed by atoms with E-state index < -0.39 is 0 Å². The molecule has 0 aliphatic carbocycles. The van der Waals surface area contributed by atoms with E-state index in [0.29, 0.717) is 6.42 Å². The summed E-state index contributed by atoms with van der Waals surface area (Å²) in [5, 5.41) is 20.5. The molecule has 39 heavy (non-hydrogen) atoms. The lowest BCUT2D eigenvalue weighted by Crippen LogP contribution is -2.47. The number of nitrogens with zero attached hydrogens (tertiary/aromatic N) is 6. The summed E-state index contributed by atoms with van der Waals surface area (Å²) in [6.07, 6.45) is 0.328. The van der Waals surface area contributed by atoms with Gasteiger partial charge in [0.25, 0.3) is 0 Å². The summed E-state index contributed by atoms with van der Waals surface area (Å²) in [6.45, 7) is 5.89. The van der Waals surface area contributed by atoms with Crippen LogP contribution >= 0.6 is 11.3 Å². The summed E-state index contributed by atoms with van der Waals surface area (Å²) in [5.41, 5.74) is 5.85. The molecule has 5 aromatic rings. The summed E-state index contributed by atoms with van der Waals surface area (Å²) in [4.78, 5) is 11.8. The van der Waals surface area contributed by atoms with Crippen LogP contribution in [-0.2, 0) is 0 Å². The number of fused-ring (bicyclic) bond motifs is 3. The Morgan fingerprint density at radius 1 is 0.846 bits per heavy atom. The summed E-state index contributed by atoms with van der Waals surface area (Å²) >= 11 is 1.60. The van der Waals surface area contributed by atoms with Gasteiger partial charge in [-0.25, -0.2) is 4.99 Å². The van der Waals surface area contributed by atoms with Gasteiger partial charge < -0.3 is 9.80 Å². The minimum atomic E-state index is -0.191. The highest BCUT2D eigenvalue weighted by Gasteiger charge is 2.37. The van der Waals surface area contributed by atoms with Crippen molar-refractivity contribution < 1.29 is 0 Å². The van der Waals surface area contributed by atoms with E-state index in [4.69, 9.17) is 15.2 Å². The van der Waals surface area contributed by atoms with Crippen molar-refractivity contribution in [1.82, 2.24) is 15.1 Å². The van der Waals surface area contributed by atoms with Crippen LogP contribution in [0.2, 0.25) is 0 Å². The van der Waals surface area contributed by atoms with E-state index in [2.05, 4.69) is 78.2 Å². The van der Waals surface area contributed by atoms with Crippen molar-refractivity contribution in [3.8, 4) is 28.5 Å². The maximum Gasteiger partial charge on any atom is 0.207 e. The molecule has 3 aromatic carbocycles. The molecule has 0 radical (unpaired) electrons. The van der Waals surface area contributed by atoms with E-state index in [0.717, 1.165) is 67.9 Å². The Balaban J connectivity index is 1.70. The molecule has 1 unspecified atom stereocenters. The van der Waals surface area contributed by atoms with Crippen molar-refractivity contribution in [3.05, 3.63) is 95.9 Å². The van der Waals surface area contributed by atoms with Gasteiger partial charge in [-0.3, -0.25) is 0 Å². The van der Waals surface area contributed by atoms with E-state index in [-0.39, 0.29) is 6.04 Å². The van der Waals surface area contributed by atoms with Crippen molar-refractivity contribution in [1.29, 1.82) is 5.26 Å². The number of guanidine groups is 1. The quantitative estimate of drug-likeness (QED) is 0.225. The first kappa shape index (κ1) is 24.8. The maximum atomic E-state index is 9.99. The minimum absolute atomic E-state index is 0.191. The number of nitriles is 1. The maximum absolute atomic E-state index is 9.99. The molecule has 6 nitrogen and oxygen atoms in total. The number of aliphatic imine (C=N–C) groups is 1. The van der Waals surface area contributed by atoms with Gasteiger partial charge in [-0.2, -0.15) is 5.26 Å². The first-order valence-corrected chi connectivity index (χ1v) is 14.1. The van der Waals surface area contributed by atoms with Gasteiger partial charge in [0.05, 0.1) is 29.1 Å². The fourth-order valence-electron chi connectivity index (χ4n) is 5.30. The molecule has 0 amide bonds. The number of thiophene rings is 1. The van der Waals surface area contributed by atoms with Gasteiger partial charge in [-0.1, -0.05) is 78.9 Å². The van der Waals surface area contributed by atoms with Crippen molar-refractivity contribution in [2.24, 2.45) is 4.99 Å². The number of benzene rings is 3. The van der Waals surface area contributed by atoms with Crippen molar-refractivity contribution in [2.75, 3.05) is 18.0 Å². The average molecular weight is 529 g/mol. The predicted octanol–water partition coefficient (Wildman–Crippen LogP) is 7.83. The molecule has 1 aliphatic heterocycles. The highest BCUT2D eigenvalue weighted by atomic mass is 32.1. The highest BCUT2D eigenvalue weighted by molar-refractivity contribution is 7.19. The van der Waals surface area contributed by atoms with Crippen LogP contribution < -0.4 is 4.90 Å². The fraction of sp³-hybridized carbons (Fsp3) is 0.188. The average Bonchev–Trinajstić information content (AvgIpc) is 3.37. The second kappa shape index (κ2) is 10.7. The van der Waals surface area contributed by atoms with Gasteiger partial charge in [0.15, 0.2) is 0 Å². The van der Waals surface area contributed by atoms with Crippen LogP contribution in [0.15, 0.2) is 96.0 Å². The molecule has 6 rings (SSSR count). The first-order valence-electron chi connectivity index (χ1n) is 13.2. The zero-order valence-electron chi connectivity index (χ0n) is 22.0. The van der Waals surface area contributed by atoms with Gasteiger partial charge >= 0.3 is 0 Å². The summed E-state index contributed by atoms with van der Waals surface area (Å²) < 4.78 is 0. The predicted molar refractivity (Wildman–Crippen MR) is 160 cm³/mol. The van der Waals surface area contributed by atoms with Gasteiger partial charge in [0.1, 0.15) is 10.5 Å². The van der Waals surface area contributed by atoms with E-state index >= 15 is 0 Å². The molecular formula is C32H28N6S. The van der Waals surface area contributed by atoms with Crippen LogP contribution in [0.1, 0.15) is 31.2 Å².